The molecule has 3 rings (SSSR count). The summed E-state index contributed by atoms with van der Waals surface area (Å²) in [5.41, 5.74) is 1.08. The highest BCUT2D eigenvalue weighted by molar-refractivity contribution is 5.77. The fraction of sp³-hybridized carbons (Fsp3) is 0.562. The standard InChI is InChI=1S/C16H23N5O2/c1-11(2)10-21-12-13(19(3)16(23)18-14(12)22)17-15(21)20-8-6-4-5-7-9-20/h10H,4-9H2,1-3H3,(H,18,22,23). The summed E-state index contributed by atoms with van der Waals surface area (Å²) in [7, 11) is 1.63. The van der Waals surface area contributed by atoms with Gasteiger partial charge < -0.3 is 4.90 Å². The average Bonchev–Trinajstić information content (AvgIpc) is 2.69. The van der Waals surface area contributed by atoms with Crippen LogP contribution in [0.25, 0.3) is 17.4 Å². The minimum absolute atomic E-state index is 0.394. The Hall–Kier alpha value is -2.31. The topological polar surface area (TPSA) is 75.9 Å². The van der Waals surface area contributed by atoms with E-state index < -0.39 is 11.2 Å². The highest BCUT2D eigenvalue weighted by Gasteiger charge is 2.21. The van der Waals surface area contributed by atoms with Crippen molar-refractivity contribution in [3.63, 3.8) is 0 Å². The van der Waals surface area contributed by atoms with Crippen LogP contribution in [0.5, 0.6) is 0 Å². The molecule has 1 aliphatic heterocycles. The van der Waals surface area contributed by atoms with Crippen LogP contribution in [0.4, 0.5) is 5.95 Å². The Labute approximate surface area is 134 Å². The van der Waals surface area contributed by atoms with Crippen molar-refractivity contribution < 1.29 is 0 Å². The quantitative estimate of drug-likeness (QED) is 0.914. The average molecular weight is 317 g/mol. The SMILES string of the molecule is CC(C)=Cn1c(N2CCCCCC2)nc2c1c(=O)[nH]c(=O)n2C. The van der Waals surface area contributed by atoms with Crippen LogP contribution in [0.3, 0.4) is 0 Å². The van der Waals surface area contributed by atoms with E-state index in [2.05, 4.69) is 14.9 Å². The lowest BCUT2D eigenvalue weighted by atomic mass is 10.2. The molecule has 124 valence electrons. The summed E-state index contributed by atoms with van der Waals surface area (Å²) in [6, 6.07) is 0. The van der Waals surface area contributed by atoms with Crippen molar-refractivity contribution in [2.45, 2.75) is 39.5 Å². The Morgan fingerprint density at radius 2 is 1.78 bits per heavy atom. The number of aromatic amines is 1. The van der Waals surface area contributed by atoms with Crippen LogP contribution in [0.15, 0.2) is 15.2 Å². The van der Waals surface area contributed by atoms with Crippen molar-refractivity contribution in [1.82, 2.24) is 19.1 Å². The Morgan fingerprint density at radius 1 is 1.13 bits per heavy atom. The highest BCUT2D eigenvalue weighted by atomic mass is 16.2. The third kappa shape index (κ3) is 2.83. The first kappa shape index (κ1) is 15.6. The Balaban J connectivity index is 2.30. The van der Waals surface area contributed by atoms with Gasteiger partial charge in [-0.2, -0.15) is 4.98 Å². The van der Waals surface area contributed by atoms with E-state index in [1.54, 1.807) is 7.05 Å². The maximum absolute atomic E-state index is 12.3. The van der Waals surface area contributed by atoms with E-state index in [0.29, 0.717) is 11.2 Å². The van der Waals surface area contributed by atoms with Gasteiger partial charge in [-0.05, 0) is 26.7 Å². The predicted molar refractivity (Wildman–Crippen MR) is 91.9 cm³/mol. The zero-order chi connectivity index (χ0) is 16.6. The lowest BCUT2D eigenvalue weighted by Gasteiger charge is -2.21. The van der Waals surface area contributed by atoms with Gasteiger partial charge in [0.1, 0.15) is 0 Å². The molecule has 1 N–H and O–H groups in total. The molecule has 3 heterocycles. The molecule has 1 saturated heterocycles. The number of imidazole rings is 1. The summed E-state index contributed by atoms with van der Waals surface area (Å²) in [5.74, 6) is 0.745. The Bertz CT molecular complexity index is 859. The highest BCUT2D eigenvalue weighted by Crippen LogP contribution is 2.23. The summed E-state index contributed by atoms with van der Waals surface area (Å²) in [5, 5.41) is 0. The molecular weight excluding hydrogens is 294 g/mol. The number of aryl methyl sites for hydroxylation is 1. The van der Waals surface area contributed by atoms with Crippen molar-refractivity contribution >= 4 is 23.3 Å². The molecule has 23 heavy (non-hydrogen) atoms. The van der Waals surface area contributed by atoms with E-state index in [0.717, 1.165) is 37.5 Å². The van der Waals surface area contributed by atoms with Gasteiger partial charge in [0.2, 0.25) is 5.95 Å². The number of anilines is 1. The number of H-pyrrole nitrogens is 1. The zero-order valence-electron chi connectivity index (χ0n) is 13.9. The molecule has 2 aromatic rings. The molecule has 0 aromatic carbocycles. The number of nitrogens with zero attached hydrogens (tertiary/aromatic N) is 4. The van der Waals surface area contributed by atoms with Crippen molar-refractivity contribution in [2.24, 2.45) is 7.05 Å². The molecule has 0 amide bonds. The molecule has 0 spiro atoms. The number of aromatic nitrogens is 4. The summed E-state index contributed by atoms with van der Waals surface area (Å²) in [6.45, 7) is 5.81. The molecule has 2 aromatic heterocycles. The second-order valence-electron chi connectivity index (χ2n) is 6.38. The Kier molecular flexibility index (Phi) is 4.11. The minimum Gasteiger partial charge on any atom is -0.342 e. The van der Waals surface area contributed by atoms with Crippen molar-refractivity contribution in [2.75, 3.05) is 18.0 Å². The first-order chi connectivity index (χ1) is 11.0. The fourth-order valence-corrected chi connectivity index (χ4v) is 3.06. The first-order valence-electron chi connectivity index (χ1n) is 8.10. The molecule has 0 atom stereocenters. The van der Waals surface area contributed by atoms with Crippen LogP contribution >= 0.6 is 0 Å². The molecule has 0 unspecified atom stereocenters. The molecule has 7 nitrogen and oxygen atoms in total. The second kappa shape index (κ2) is 6.06. The summed E-state index contributed by atoms with van der Waals surface area (Å²) < 4.78 is 3.22. The van der Waals surface area contributed by atoms with Gasteiger partial charge in [0.05, 0.1) is 0 Å². The second-order valence-corrected chi connectivity index (χ2v) is 6.38. The number of hydrogen-bond acceptors (Lipinski definition) is 4. The van der Waals surface area contributed by atoms with E-state index in [1.165, 1.54) is 17.4 Å². The van der Waals surface area contributed by atoms with Crippen molar-refractivity contribution in [3.05, 3.63) is 26.4 Å². The number of nitrogens with one attached hydrogen (secondary N) is 1. The predicted octanol–water partition coefficient (Wildman–Crippen LogP) is 1.68. The summed E-state index contributed by atoms with van der Waals surface area (Å²) in [6.07, 6.45) is 6.59. The van der Waals surface area contributed by atoms with E-state index in [1.807, 2.05) is 24.6 Å². The summed E-state index contributed by atoms with van der Waals surface area (Å²) in [4.78, 5) is 33.4. The van der Waals surface area contributed by atoms with E-state index >= 15 is 0 Å². The zero-order valence-corrected chi connectivity index (χ0v) is 13.9. The molecule has 0 bridgehead atoms. The molecule has 7 heteroatoms. The van der Waals surface area contributed by atoms with Gasteiger partial charge in [-0.1, -0.05) is 18.4 Å². The number of rotatable bonds is 2. The molecular formula is C16H23N5O2. The lowest BCUT2D eigenvalue weighted by molar-refractivity contribution is 0.726. The lowest BCUT2D eigenvalue weighted by Crippen LogP contribution is -2.29. The van der Waals surface area contributed by atoms with Gasteiger partial charge >= 0.3 is 5.69 Å². The first-order valence-corrected chi connectivity index (χ1v) is 8.10. The molecule has 0 saturated carbocycles. The number of hydrogen-bond donors (Lipinski definition) is 1. The summed E-state index contributed by atoms with van der Waals surface area (Å²) >= 11 is 0. The molecule has 0 aliphatic carbocycles. The maximum Gasteiger partial charge on any atom is 0.329 e. The number of allylic oxidation sites excluding steroid dienone is 1. The van der Waals surface area contributed by atoms with Crippen LogP contribution in [-0.4, -0.2) is 32.2 Å². The van der Waals surface area contributed by atoms with Gasteiger partial charge in [0.15, 0.2) is 11.2 Å². The number of fused-ring (bicyclic) bond motifs is 1. The van der Waals surface area contributed by atoms with Gasteiger partial charge in [0.25, 0.3) is 5.56 Å². The monoisotopic (exact) mass is 317 g/mol. The van der Waals surface area contributed by atoms with Gasteiger partial charge in [-0.15, -0.1) is 0 Å². The minimum atomic E-state index is -0.438. The van der Waals surface area contributed by atoms with E-state index in [-0.39, 0.29) is 0 Å². The van der Waals surface area contributed by atoms with Gasteiger partial charge in [-0.25, -0.2) is 4.79 Å². The third-order valence-electron chi connectivity index (χ3n) is 4.21. The van der Waals surface area contributed by atoms with Crippen LogP contribution in [-0.2, 0) is 7.05 Å². The normalized spacial score (nSPS) is 15.7. The van der Waals surface area contributed by atoms with Gasteiger partial charge in [-0.3, -0.25) is 18.9 Å². The molecule has 1 fully saturated rings. The van der Waals surface area contributed by atoms with Crippen molar-refractivity contribution in [3.8, 4) is 0 Å². The van der Waals surface area contributed by atoms with Crippen LogP contribution < -0.4 is 16.1 Å². The fourth-order valence-electron chi connectivity index (χ4n) is 3.06. The van der Waals surface area contributed by atoms with Gasteiger partial charge in [0, 0.05) is 26.3 Å². The third-order valence-corrected chi connectivity index (χ3v) is 4.21. The van der Waals surface area contributed by atoms with Crippen LogP contribution in [0, 0.1) is 0 Å². The largest absolute Gasteiger partial charge is 0.342 e. The molecule has 0 radical (unpaired) electrons. The maximum atomic E-state index is 12.3. The van der Waals surface area contributed by atoms with Crippen molar-refractivity contribution in [1.29, 1.82) is 0 Å². The van der Waals surface area contributed by atoms with E-state index in [4.69, 9.17) is 0 Å². The molecule has 1 aliphatic rings. The van der Waals surface area contributed by atoms with E-state index in [9.17, 15) is 9.59 Å². The Morgan fingerprint density at radius 3 is 2.39 bits per heavy atom. The van der Waals surface area contributed by atoms with Crippen LogP contribution in [0.2, 0.25) is 0 Å². The smallest absolute Gasteiger partial charge is 0.329 e. The van der Waals surface area contributed by atoms with Crippen LogP contribution in [0.1, 0.15) is 39.5 Å².